The van der Waals surface area contributed by atoms with E-state index in [1.54, 1.807) is 0 Å². The summed E-state index contributed by atoms with van der Waals surface area (Å²) in [4.78, 5) is 1.43. The fraction of sp³-hybridized carbons (Fsp3) is 0.133. The van der Waals surface area contributed by atoms with Gasteiger partial charge in [-0.1, -0.05) is 48.0 Å². The van der Waals surface area contributed by atoms with Crippen molar-refractivity contribution in [1.29, 1.82) is 0 Å². The smallest absolute Gasteiger partial charge is 0.205 e. The molecule has 0 saturated carbocycles. The zero-order valence-corrected chi connectivity index (χ0v) is 12.2. The van der Waals surface area contributed by atoms with Crippen LogP contribution in [0.25, 0.3) is 17.1 Å². The van der Waals surface area contributed by atoms with Gasteiger partial charge >= 0.3 is 0 Å². The Hall–Kier alpha value is -2.24. The van der Waals surface area contributed by atoms with Crippen LogP contribution in [0.1, 0.15) is 18.5 Å². The highest BCUT2D eigenvalue weighted by Gasteiger charge is 2.11. The van der Waals surface area contributed by atoms with Crippen molar-refractivity contribution < 1.29 is 0 Å². The summed E-state index contributed by atoms with van der Waals surface area (Å²) in [6, 6.07) is 15.2. The van der Waals surface area contributed by atoms with Crippen LogP contribution in [0.4, 0.5) is 0 Å². The zero-order chi connectivity index (χ0) is 14.8. The SMILES string of the molecule is C[C@@H](N)c1ccc(-n2nnc(-c3ccccc3)n2)c(Cl)c1. The normalized spacial score (nSPS) is 12.3. The highest BCUT2D eigenvalue weighted by atomic mass is 35.5. The Morgan fingerprint density at radius 3 is 2.57 bits per heavy atom. The molecular weight excluding hydrogens is 286 g/mol. The highest BCUT2D eigenvalue weighted by Crippen LogP contribution is 2.24. The first-order valence-electron chi connectivity index (χ1n) is 6.56. The first-order valence-corrected chi connectivity index (χ1v) is 6.94. The van der Waals surface area contributed by atoms with Crippen molar-refractivity contribution in [3.8, 4) is 17.1 Å². The van der Waals surface area contributed by atoms with Crippen molar-refractivity contribution >= 4 is 11.6 Å². The number of nitrogens with two attached hydrogens (primary N) is 1. The van der Waals surface area contributed by atoms with Crippen molar-refractivity contribution in [2.45, 2.75) is 13.0 Å². The third-order valence-electron chi connectivity index (χ3n) is 3.16. The largest absolute Gasteiger partial charge is 0.324 e. The van der Waals surface area contributed by atoms with Crippen molar-refractivity contribution in [3.05, 3.63) is 59.1 Å². The predicted octanol–water partition coefficient (Wildman–Crippen LogP) is 3.00. The van der Waals surface area contributed by atoms with Crippen molar-refractivity contribution in [2.75, 3.05) is 0 Å². The number of nitrogens with zero attached hydrogens (tertiary/aromatic N) is 4. The molecule has 0 aliphatic carbocycles. The van der Waals surface area contributed by atoms with E-state index in [9.17, 15) is 0 Å². The maximum Gasteiger partial charge on any atom is 0.205 e. The minimum Gasteiger partial charge on any atom is -0.324 e. The lowest BCUT2D eigenvalue weighted by atomic mass is 10.1. The van der Waals surface area contributed by atoms with Gasteiger partial charge in [-0.2, -0.15) is 0 Å². The zero-order valence-electron chi connectivity index (χ0n) is 11.4. The number of hydrogen-bond donors (Lipinski definition) is 1. The predicted molar refractivity (Wildman–Crippen MR) is 82.2 cm³/mol. The third-order valence-corrected chi connectivity index (χ3v) is 3.46. The van der Waals surface area contributed by atoms with Gasteiger partial charge in [0.1, 0.15) is 5.69 Å². The molecule has 106 valence electrons. The van der Waals surface area contributed by atoms with Gasteiger partial charge in [-0.05, 0) is 29.8 Å². The molecule has 6 heteroatoms. The van der Waals surface area contributed by atoms with E-state index in [2.05, 4.69) is 15.4 Å². The average molecular weight is 300 g/mol. The summed E-state index contributed by atoms with van der Waals surface area (Å²) in [5, 5.41) is 13.0. The molecule has 0 aliphatic rings. The van der Waals surface area contributed by atoms with E-state index in [4.69, 9.17) is 17.3 Å². The summed E-state index contributed by atoms with van der Waals surface area (Å²) < 4.78 is 0. The summed E-state index contributed by atoms with van der Waals surface area (Å²) >= 11 is 6.28. The van der Waals surface area contributed by atoms with Crippen LogP contribution in [-0.2, 0) is 0 Å². The minimum absolute atomic E-state index is 0.0693. The summed E-state index contributed by atoms with van der Waals surface area (Å²) in [5.41, 5.74) is 8.39. The van der Waals surface area contributed by atoms with Gasteiger partial charge in [-0.3, -0.25) is 0 Å². The standard InChI is InChI=1S/C15H14ClN5/c1-10(17)12-7-8-14(13(16)9-12)21-19-15(18-20-21)11-5-3-2-4-6-11/h2-10H,17H2,1H3/t10-/m1/s1. The Bertz CT molecular complexity index is 752. The average Bonchev–Trinajstić information content (AvgIpc) is 2.97. The lowest BCUT2D eigenvalue weighted by molar-refractivity contribution is 0.718. The number of aromatic nitrogens is 4. The van der Waals surface area contributed by atoms with Gasteiger partial charge in [-0.25, -0.2) is 0 Å². The van der Waals surface area contributed by atoms with Crippen LogP contribution in [0.15, 0.2) is 48.5 Å². The Labute approximate surface area is 127 Å². The van der Waals surface area contributed by atoms with Crippen LogP contribution in [0.5, 0.6) is 0 Å². The molecule has 1 aromatic heterocycles. The number of rotatable bonds is 3. The van der Waals surface area contributed by atoms with Crippen LogP contribution in [0, 0.1) is 0 Å². The monoisotopic (exact) mass is 299 g/mol. The lowest BCUT2D eigenvalue weighted by Gasteiger charge is -2.08. The van der Waals surface area contributed by atoms with Crippen molar-refractivity contribution in [3.63, 3.8) is 0 Å². The molecule has 2 aromatic carbocycles. The minimum atomic E-state index is -0.0693. The molecule has 0 amide bonds. The molecule has 3 rings (SSSR count). The fourth-order valence-corrected chi connectivity index (χ4v) is 2.25. The number of halogens is 1. The topological polar surface area (TPSA) is 69.6 Å². The van der Waals surface area contributed by atoms with Crippen molar-refractivity contribution in [2.24, 2.45) is 5.73 Å². The van der Waals surface area contributed by atoms with E-state index in [0.29, 0.717) is 16.5 Å². The molecule has 3 aromatic rings. The Morgan fingerprint density at radius 2 is 1.90 bits per heavy atom. The van der Waals surface area contributed by atoms with E-state index in [-0.39, 0.29) is 6.04 Å². The van der Waals surface area contributed by atoms with Crippen LogP contribution in [0.2, 0.25) is 5.02 Å². The molecule has 0 fully saturated rings. The van der Waals surface area contributed by atoms with Gasteiger partial charge in [0, 0.05) is 11.6 Å². The summed E-state index contributed by atoms with van der Waals surface area (Å²) in [5.74, 6) is 0.558. The van der Waals surface area contributed by atoms with Gasteiger partial charge in [0.05, 0.1) is 5.02 Å². The van der Waals surface area contributed by atoms with E-state index in [0.717, 1.165) is 11.1 Å². The fourth-order valence-electron chi connectivity index (χ4n) is 1.99. The van der Waals surface area contributed by atoms with Crippen LogP contribution in [-0.4, -0.2) is 20.2 Å². The molecule has 0 bridgehead atoms. The molecule has 5 nitrogen and oxygen atoms in total. The summed E-state index contributed by atoms with van der Waals surface area (Å²) in [7, 11) is 0. The lowest BCUT2D eigenvalue weighted by Crippen LogP contribution is -2.06. The first kappa shape index (κ1) is 13.7. The van der Waals surface area contributed by atoms with Gasteiger partial charge in [0.2, 0.25) is 5.82 Å². The van der Waals surface area contributed by atoms with Crippen molar-refractivity contribution in [1.82, 2.24) is 20.2 Å². The van der Waals surface area contributed by atoms with Gasteiger partial charge < -0.3 is 5.73 Å². The van der Waals surface area contributed by atoms with Crippen LogP contribution >= 0.6 is 11.6 Å². The highest BCUT2D eigenvalue weighted by molar-refractivity contribution is 6.32. The molecular formula is C15H14ClN5. The Morgan fingerprint density at radius 1 is 1.14 bits per heavy atom. The van der Waals surface area contributed by atoms with E-state index >= 15 is 0 Å². The van der Waals surface area contributed by atoms with Gasteiger partial charge in [-0.15, -0.1) is 15.0 Å². The summed E-state index contributed by atoms with van der Waals surface area (Å²) in [6.45, 7) is 1.91. The van der Waals surface area contributed by atoms with E-state index in [1.807, 2.05) is 55.5 Å². The molecule has 0 spiro atoms. The quantitative estimate of drug-likeness (QED) is 0.807. The number of benzene rings is 2. The molecule has 21 heavy (non-hydrogen) atoms. The molecule has 0 radical (unpaired) electrons. The molecule has 1 atom stereocenters. The van der Waals surface area contributed by atoms with Gasteiger partial charge in [0.25, 0.3) is 0 Å². The second-order valence-corrected chi connectivity index (χ2v) is 5.18. The Balaban J connectivity index is 1.97. The second-order valence-electron chi connectivity index (χ2n) is 4.77. The molecule has 0 aliphatic heterocycles. The second kappa shape index (κ2) is 5.63. The number of tetrazole rings is 1. The van der Waals surface area contributed by atoms with Crippen LogP contribution in [0.3, 0.4) is 0 Å². The summed E-state index contributed by atoms with van der Waals surface area (Å²) in [6.07, 6.45) is 0. The van der Waals surface area contributed by atoms with Crippen LogP contribution < -0.4 is 5.73 Å². The molecule has 0 unspecified atom stereocenters. The first-order chi connectivity index (χ1) is 10.1. The Kier molecular flexibility index (Phi) is 3.68. The third kappa shape index (κ3) is 2.79. The number of hydrogen-bond acceptors (Lipinski definition) is 4. The molecule has 0 saturated heterocycles. The maximum absolute atomic E-state index is 6.28. The molecule has 2 N–H and O–H groups in total. The van der Waals surface area contributed by atoms with Gasteiger partial charge in [0.15, 0.2) is 0 Å². The molecule has 1 heterocycles. The maximum atomic E-state index is 6.28. The van der Waals surface area contributed by atoms with E-state index < -0.39 is 0 Å². The van der Waals surface area contributed by atoms with E-state index in [1.165, 1.54) is 4.80 Å².